The molecule has 2 atom stereocenters. The number of benzene rings is 1. The van der Waals surface area contributed by atoms with Gasteiger partial charge in [0.05, 0.1) is 18.4 Å². The van der Waals surface area contributed by atoms with E-state index in [1.807, 2.05) is 13.0 Å². The highest BCUT2D eigenvalue weighted by Crippen LogP contribution is 2.34. The molecule has 1 unspecified atom stereocenters. The minimum absolute atomic E-state index is 0.0713. The SMILES string of the molecule is CCc1nc(NC2CCN(Cc3ccc4c(cc(C#N)n4C[C@H](C)N4CCOC(C(N)=O)C4)c3C)CC2)c2cc(CC(F)(F)F)sc2n1. The zero-order valence-electron chi connectivity index (χ0n) is 27.4. The van der Waals surface area contributed by atoms with Crippen LogP contribution in [0.1, 0.15) is 54.2 Å². The number of hydrogen-bond acceptors (Lipinski definition) is 9. The predicted molar refractivity (Wildman–Crippen MR) is 180 cm³/mol. The van der Waals surface area contributed by atoms with E-state index in [4.69, 9.17) is 10.5 Å². The number of nitriles is 1. The van der Waals surface area contributed by atoms with Crippen LogP contribution in [0, 0.1) is 18.3 Å². The van der Waals surface area contributed by atoms with Crippen molar-refractivity contribution in [1.82, 2.24) is 24.3 Å². The van der Waals surface area contributed by atoms with Gasteiger partial charge in [0.15, 0.2) is 0 Å². The van der Waals surface area contributed by atoms with Crippen molar-refractivity contribution in [2.75, 3.05) is 38.1 Å². The third kappa shape index (κ3) is 7.44. The molecule has 0 bridgehead atoms. The number of rotatable bonds is 10. The highest BCUT2D eigenvalue weighted by atomic mass is 32.1. The summed E-state index contributed by atoms with van der Waals surface area (Å²) in [5.74, 6) is 0.779. The summed E-state index contributed by atoms with van der Waals surface area (Å²) in [6.07, 6.45) is -3.51. The first-order valence-electron chi connectivity index (χ1n) is 16.4. The Labute approximate surface area is 281 Å². The Morgan fingerprint density at radius 3 is 2.67 bits per heavy atom. The molecule has 1 amide bonds. The van der Waals surface area contributed by atoms with Gasteiger partial charge in [-0.15, -0.1) is 11.3 Å². The summed E-state index contributed by atoms with van der Waals surface area (Å²) in [4.78, 5) is 26.3. The maximum Gasteiger partial charge on any atom is 0.393 e. The van der Waals surface area contributed by atoms with Gasteiger partial charge in [-0.3, -0.25) is 14.6 Å². The minimum atomic E-state index is -4.27. The van der Waals surface area contributed by atoms with E-state index in [2.05, 4.69) is 61.7 Å². The van der Waals surface area contributed by atoms with Gasteiger partial charge in [-0.2, -0.15) is 18.4 Å². The van der Waals surface area contributed by atoms with E-state index in [1.165, 1.54) is 5.56 Å². The molecule has 0 radical (unpaired) electrons. The van der Waals surface area contributed by atoms with Crippen molar-refractivity contribution in [3.63, 3.8) is 0 Å². The van der Waals surface area contributed by atoms with E-state index in [0.717, 1.165) is 60.3 Å². The number of anilines is 1. The first kappa shape index (κ1) is 34.1. The monoisotopic (exact) mass is 682 g/mol. The molecule has 2 saturated heterocycles. The van der Waals surface area contributed by atoms with Crippen LogP contribution >= 0.6 is 11.3 Å². The van der Waals surface area contributed by atoms with Crippen molar-refractivity contribution < 1.29 is 22.7 Å². The van der Waals surface area contributed by atoms with Crippen LogP contribution in [0.5, 0.6) is 0 Å². The molecule has 6 rings (SSSR count). The molecule has 2 fully saturated rings. The standard InChI is InChI=1S/C34H41F3N8O2S/c1-4-30-41-32(27-14-25(15-34(35,36)37)48-33(27)42-30)40-23-7-9-43(10-8-23)18-22-5-6-28-26(21(22)3)13-24(16-38)45(28)17-20(2)44-11-12-47-29(19-44)31(39)46/h5-6,13-14,20,23,29H,4,7-12,15,17-19H2,1-3H3,(H2,39,46)(H,40,41,42)/t20-,29?/m0/s1. The summed E-state index contributed by atoms with van der Waals surface area (Å²) < 4.78 is 46.8. The Morgan fingerprint density at radius 2 is 1.98 bits per heavy atom. The van der Waals surface area contributed by atoms with E-state index in [1.54, 1.807) is 6.07 Å². The summed E-state index contributed by atoms with van der Waals surface area (Å²) in [6.45, 7) is 10.8. The van der Waals surface area contributed by atoms with Crippen LogP contribution < -0.4 is 11.1 Å². The number of likely N-dealkylation sites (tertiary alicyclic amines) is 1. The van der Waals surface area contributed by atoms with Crippen LogP contribution in [-0.4, -0.2) is 87.4 Å². The number of aromatic nitrogens is 3. The molecule has 0 aliphatic carbocycles. The predicted octanol–water partition coefficient (Wildman–Crippen LogP) is 5.14. The fraction of sp³-hybridized carbons (Fsp3) is 0.529. The van der Waals surface area contributed by atoms with Crippen molar-refractivity contribution in [1.29, 1.82) is 5.26 Å². The van der Waals surface area contributed by atoms with Gasteiger partial charge in [-0.05, 0) is 56.0 Å². The number of amides is 1. The number of aryl methyl sites for hydroxylation is 2. The Bertz CT molecular complexity index is 1840. The Morgan fingerprint density at radius 1 is 1.21 bits per heavy atom. The van der Waals surface area contributed by atoms with Gasteiger partial charge in [0.25, 0.3) is 0 Å². The van der Waals surface area contributed by atoms with Gasteiger partial charge < -0.3 is 20.4 Å². The number of nitrogens with zero attached hydrogens (tertiary/aromatic N) is 6. The molecule has 0 spiro atoms. The molecule has 14 heteroatoms. The van der Waals surface area contributed by atoms with Crippen molar-refractivity contribution in [3.8, 4) is 6.07 Å². The molecule has 48 heavy (non-hydrogen) atoms. The quantitative estimate of drug-likeness (QED) is 0.236. The molecule has 256 valence electrons. The van der Waals surface area contributed by atoms with E-state index >= 15 is 0 Å². The third-order valence-electron chi connectivity index (χ3n) is 9.57. The molecular weight excluding hydrogens is 641 g/mol. The van der Waals surface area contributed by atoms with Crippen LogP contribution in [0.3, 0.4) is 0 Å². The van der Waals surface area contributed by atoms with Gasteiger partial charge in [-0.25, -0.2) is 9.97 Å². The number of primary amides is 1. The fourth-order valence-corrected chi connectivity index (χ4v) is 7.92. The molecule has 3 aromatic heterocycles. The number of piperidine rings is 1. The van der Waals surface area contributed by atoms with Gasteiger partial charge in [0.2, 0.25) is 5.91 Å². The number of nitrogens with one attached hydrogen (secondary N) is 1. The van der Waals surface area contributed by atoms with Crippen molar-refractivity contribution >= 4 is 44.2 Å². The lowest BCUT2D eigenvalue weighted by atomic mass is 10.0. The van der Waals surface area contributed by atoms with Crippen molar-refractivity contribution in [2.45, 2.75) is 83.9 Å². The molecule has 4 aromatic rings. The molecular formula is C34H41F3N8O2S. The van der Waals surface area contributed by atoms with Crippen molar-refractivity contribution in [3.05, 3.63) is 51.8 Å². The number of carbonyl (C=O) groups excluding carboxylic acids is 1. The number of morpholine rings is 1. The molecule has 2 aliphatic rings. The zero-order chi connectivity index (χ0) is 34.2. The lowest BCUT2D eigenvalue weighted by molar-refractivity contribution is -0.136. The zero-order valence-corrected chi connectivity index (χ0v) is 28.3. The summed E-state index contributed by atoms with van der Waals surface area (Å²) in [7, 11) is 0. The number of ether oxygens (including phenoxy) is 1. The average Bonchev–Trinajstić information content (AvgIpc) is 3.63. The largest absolute Gasteiger partial charge is 0.393 e. The summed E-state index contributed by atoms with van der Waals surface area (Å²) >= 11 is 1.09. The first-order chi connectivity index (χ1) is 22.9. The smallest absolute Gasteiger partial charge is 0.367 e. The summed E-state index contributed by atoms with van der Waals surface area (Å²) in [6, 6.07) is 10.4. The number of thiophene rings is 1. The van der Waals surface area contributed by atoms with E-state index < -0.39 is 24.6 Å². The minimum Gasteiger partial charge on any atom is -0.367 e. The van der Waals surface area contributed by atoms with Crippen molar-refractivity contribution in [2.24, 2.45) is 5.73 Å². The highest BCUT2D eigenvalue weighted by molar-refractivity contribution is 7.18. The van der Waals surface area contributed by atoms with E-state index in [9.17, 15) is 23.2 Å². The Balaban J connectivity index is 1.11. The summed E-state index contributed by atoms with van der Waals surface area (Å²) in [5, 5.41) is 15.3. The highest BCUT2D eigenvalue weighted by Gasteiger charge is 2.30. The number of hydrogen-bond donors (Lipinski definition) is 2. The number of nitrogens with two attached hydrogens (primary N) is 1. The molecule has 2 aliphatic heterocycles. The maximum atomic E-state index is 13.1. The number of carbonyl (C=O) groups is 1. The number of alkyl halides is 3. The van der Waals surface area contributed by atoms with E-state index in [0.29, 0.717) is 60.2 Å². The Kier molecular flexibility index (Phi) is 9.94. The normalized spacial score (nSPS) is 19.1. The summed E-state index contributed by atoms with van der Waals surface area (Å²) in [5.41, 5.74) is 9.46. The lowest BCUT2D eigenvalue weighted by Gasteiger charge is -2.36. The van der Waals surface area contributed by atoms with Crippen LogP contribution in [-0.2, 0) is 35.5 Å². The second kappa shape index (κ2) is 14.0. The average molecular weight is 683 g/mol. The third-order valence-corrected chi connectivity index (χ3v) is 10.6. The molecule has 10 nitrogen and oxygen atoms in total. The van der Waals surface area contributed by atoms with Crippen LogP contribution in [0.2, 0.25) is 0 Å². The topological polar surface area (TPSA) is 125 Å². The fourth-order valence-electron chi connectivity index (χ4n) is 6.84. The maximum absolute atomic E-state index is 13.1. The van der Waals surface area contributed by atoms with Gasteiger partial charge >= 0.3 is 6.18 Å². The Hall–Kier alpha value is -3.77. The first-order valence-corrected chi connectivity index (χ1v) is 17.3. The number of halogens is 3. The van der Waals surface area contributed by atoms with Crippen LogP contribution in [0.25, 0.3) is 21.1 Å². The molecule has 1 aromatic carbocycles. The van der Waals surface area contributed by atoms with E-state index in [-0.39, 0.29) is 17.0 Å². The lowest BCUT2D eigenvalue weighted by Crippen LogP contribution is -2.52. The molecule has 3 N–H and O–H groups in total. The second-order valence-corrected chi connectivity index (χ2v) is 14.0. The van der Waals surface area contributed by atoms with Crippen LogP contribution in [0.15, 0.2) is 24.3 Å². The molecule has 5 heterocycles. The van der Waals surface area contributed by atoms with Gasteiger partial charge in [0, 0.05) is 73.6 Å². The number of fused-ring (bicyclic) bond motifs is 2. The van der Waals surface area contributed by atoms with Gasteiger partial charge in [0.1, 0.15) is 34.3 Å². The molecule has 0 saturated carbocycles. The van der Waals surface area contributed by atoms with Crippen LogP contribution in [0.4, 0.5) is 19.0 Å². The van der Waals surface area contributed by atoms with Gasteiger partial charge in [-0.1, -0.05) is 13.0 Å². The second-order valence-electron chi connectivity index (χ2n) is 12.9.